The van der Waals surface area contributed by atoms with Crippen molar-refractivity contribution in [1.82, 2.24) is 4.90 Å². The molecule has 3 rings (SSSR count). The fraction of sp³-hybridized carbons (Fsp3) is 0.556. The Kier molecular flexibility index (Phi) is 5.24. The van der Waals surface area contributed by atoms with E-state index in [9.17, 15) is 14.7 Å². The Bertz CT molecular complexity index is 631. The molecule has 0 unspecified atom stereocenters. The number of hydrogen-bond donors (Lipinski definition) is 2. The van der Waals surface area contributed by atoms with E-state index in [0.29, 0.717) is 37.2 Å². The van der Waals surface area contributed by atoms with Gasteiger partial charge in [0.25, 0.3) is 0 Å². The third-order valence-electron chi connectivity index (χ3n) is 5.14. The monoisotopic (exact) mass is 349 g/mol. The summed E-state index contributed by atoms with van der Waals surface area (Å²) in [5, 5.41) is 19.4. The maximum absolute atomic E-state index is 11.7. The van der Waals surface area contributed by atoms with Gasteiger partial charge in [-0.3, -0.25) is 4.79 Å². The van der Waals surface area contributed by atoms with Crippen LogP contribution in [0.4, 0.5) is 0 Å². The summed E-state index contributed by atoms with van der Waals surface area (Å²) in [4.78, 5) is 24.8. The molecule has 1 aromatic rings. The summed E-state index contributed by atoms with van der Waals surface area (Å²) in [7, 11) is 1.33. The van der Waals surface area contributed by atoms with Gasteiger partial charge in [-0.15, -0.1) is 0 Å². The van der Waals surface area contributed by atoms with Gasteiger partial charge in [0.05, 0.1) is 18.8 Å². The van der Waals surface area contributed by atoms with Gasteiger partial charge in [-0.05, 0) is 48.9 Å². The highest BCUT2D eigenvalue weighted by Gasteiger charge is 2.43. The zero-order valence-electron chi connectivity index (χ0n) is 14.1. The molecule has 25 heavy (non-hydrogen) atoms. The van der Waals surface area contributed by atoms with E-state index in [1.54, 1.807) is 29.2 Å². The number of carbonyl (C=O) groups is 2. The molecule has 0 bridgehead atoms. The Morgan fingerprint density at radius 2 is 1.80 bits per heavy atom. The summed E-state index contributed by atoms with van der Waals surface area (Å²) in [6, 6.07) is 6.61. The van der Waals surface area contributed by atoms with Gasteiger partial charge >= 0.3 is 5.97 Å². The highest BCUT2D eigenvalue weighted by Crippen LogP contribution is 2.38. The van der Waals surface area contributed by atoms with E-state index in [4.69, 9.17) is 9.84 Å². The molecule has 7 heteroatoms. The molecule has 2 N–H and O–H groups in total. The molecule has 2 aliphatic rings. The molecular weight excluding hydrogens is 326 g/mol. The molecule has 0 radical (unpaired) electrons. The summed E-state index contributed by atoms with van der Waals surface area (Å²) in [6.45, 7) is 0.702. The van der Waals surface area contributed by atoms with Crippen molar-refractivity contribution in [2.75, 3.05) is 26.8 Å². The minimum atomic E-state index is -0.606. The van der Waals surface area contributed by atoms with Crippen molar-refractivity contribution in [3.63, 3.8) is 0 Å². The van der Waals surface area contributed by atoms with E-state index in [1.165, 1.54) is 7.11 Å². The van der Waals surface area contributed by atoms with Crippen LogP contribution in [0.1, 0.15) is 23.2 Å². The number of nitrogens with zero attached hydrogens (tertiary/aromatic N) is 1. The Morgan fingerprint density at radius 3 is 2.40 bits per heavy atom. The second kappa shape index (κ2) is 7.41. The standard InChI is InChI=1S/C18H23NO6/c1-24-18(23)11-2-4-14(5-3-11)25-16-7-13-9-19(17(22)10-20)8-12(13)6-15(16)21/h2-5,12-13,15-16,20-21H,6-10H2,1H3/t12-,13+,15-,16-/m0/s1. The van der Waals surface area contributed by atoms with Gasteiger partial charge in [0.2, 0.25) is 5.91 Å². The molecule has 1 saturated heterocycles. The van der Waals surface area contributed by atoms with Crippen molar-refractivity contribution in [3.05, 3.63) is 29.8 Å². The van der Waals surface area contributed by atoms with E-state index in [0.717, 1.165) is 0 Å². The largest absolute Gasteiger partial charge is 0.488 e. The van der Waals surface area contributed by atoms with Crippen LogP contribution in [0.5, 0.6) is 5.75 Å². The average molecular weight is 349 g/mol. The van der Waals surface area contributed by atoms with Crippen molar-refractivity contribution in [1.29, 1.82) is 0 Å². The van der Waals surface area contributed by atoms with E-state index in [1.807, 2.05) is 0 Å². The lowest BCUT2D eigenvalue weighted by atomic mass is 9.78. The molecule has 1 heterocycles. The number of ether oxygens (including phenoxy) is 2. The van der Waals surface area contributed by atoms with Crippen LogP contribution in [-0.4, -0.2) is 66.0 Å². The number of carbonyl (C=O) groups excluding carboxylic acids is 2. The number of benzene rings is 1. The summed E-state index contributed by atoms with van der Waals surface area (Å²) in [5.41, 5.74) is 0.438. The summed E-state index contributed by atoms with van der Waals surface area (Å²) in [5.74, 6) is 0.410. The fourth-order valence-electron chi connectivity index (χ4n) is 3.78. The van der Waals surface area contributed by atoms with Crippen LogP contribution >= 0.6 is 0 Å². The molecule has 1 saturated carbocycles. The van der Waals surface area contributed by atoms with Crippen LogP contribution in [-0.2, 0) is 9.53 Å². The van der Waals surface area contributed by atoms with Crippen LogP contribution in [0.2, 0.25) is 0 Å². The quantitative estimate of drug-likeness (QED) is 0.766. The summed E-state index contributed by atoms with van der Waals surface area (Å²) < 4.78 is 10.6. The topological polar surface area (TPSA) is 96.3 Å². The van der Waals surface area contributed by atoms with Gasteiger partial charge in [0.15, 0.2) is 0 Å². The third-order valence-corrected chi connectivity index (χ3v) is 5.14. The lowest BCUT2D eigenvalue weighted by Crippen LogP contribution is -2.42. The first kappa shape index (κ1) is 17.7. The van der Waals surface area contributed by atoms with Crippen molar-refractivity contribution < 1.29 is 29.3 Å². The Labute approximate surface area is 146 Å². The normalized spacial score (nSPS) is 28.4. The number of amides is 1. The predicted octanol–water partition coefficient (Wildman–Crippen LogP) is 0.442. The molecule has 1 aromatic carbocycles. The van der Waals surface area contributed by atoms with Gasteiger partial charge in [-0.2, -0.15) is 0 Å². The van der Waals surface area contributed by atoms with Crippen molar-refractivity contribution in [3.8, 4) is 5.75 Å². The molecule has 0 spiro atoms. The number of rotatable bonds is 4. The second-order valence-electron chi connectivity index (χ2n) is 6.69. The number of esters is 1. The average Bonchev–Trinajstić information content (AvgIpc) is 3.04. The second-order valence-corrected chi connectivity index (χ2v) is 6.69. The van der Waals surface area contributed by atoms with Gasteiger partial charge in [0.1, 0.15) is 18.5 Å². The lowest BCUT2D eigenvalue weighted by molar-refractivity contribution is -0.133. The van der Waals surface area contributed by atoms with Crippen LogP contribution in [0.15, 0.2) is 24.3 Å². The maximum Gasteiger partial charge on any atom is 0.337 e. The van der Waals surface area contributed by atoms with Gasteiger partial charge < -0.3 is 24.6 Å². The van der Waals surface area contributed by atoms with E-state index >= 15 is 0 Å². The number of aliphatic hydroxyl groups excluding tert-OH is 2. The fourth-order valence-corrected chi connectivity index (χ4v) is 3.78. The van der Waals surface area contributed by atoms with Crippen molar-refractivity contribution in [2.24, 2.45) is 11.8 Å². The smallest absolute Gasteiger partial charge is 0.337 e. The minimum absolute atomic E-state index is 0.243. The van der Waals surface area contributed by atoms with Gasteiger partial charge in [-0.1, -0.05) is 0 Å². The van der Waals surface area contributed by atoms with Crippen LogP contribution in [0, 0.1) is 11.8 Å². The molecule has 7 nitrogen and oxygen atoms in total. The maximum atomic E-state index is 11.7. The number of likely N-dealkylation sites (tertiary alicyclic amines) is 1. The lowest BCUT2D eigenvalue weighted by Gasteiger charge is -2.35. The molecule has 4 atom stereocenters. The highest BCUT2D eigenvalue weighted by atomic mass is 16.5. The zero-order valence-corrected chi connectivity index (χ0v) is 14.1. The number of hydrogen-bond acceptors (Lipinski definition) is 6. The minimum Gasteiger partial charge on any atom is -0.488 e. The van der Waals surface area contributed by atoms with Crippen LogP contribution < -0.4 is 4.74 Å². The number of aliphatic hydroxyl groups is 2. The molecule has 136 valence electrons. The molecule has 1 amide bonds. The first-order valence-corrected chi connectivity index (χ1v) is 8.43. The Hall–Kier alpha value is -2.12. The van der Waals surface area contributed by atoms with Crippen molar-refractivity contribution >= 4 is 11.9 Å². The zero-order chi connectivity index (χ0) is 18.0. The summed E-state index contributed by atoms with van der Waals surface area (Å²) in [6.07, 6.45) is 0.269. The third kappa shape index (κ3) is 3.77. The first-order valence-electron chi connectivity index (χ1n) is 8.43. The highest BCUT2D eigenvalue weighted by molar-refractivity contribution is 5.89. The number of fused-ring (bicyclic) bond motifs is 1. The first-order chi connectivity index (χ1) is 12.0. The predicted molar refractivity (Wildman–Crippen MR) is 88.1 cm³/mol. The Balaban J connectivity index is 1.62. The Morgan fingerprint density at radius 1 is 1.16 bits per heavy atom. The molecular formula is C18H23NO6. The van der Waals surface area contributed by atoms with Crippen LogP contribution in [0.3, 0.4) is 0 Å². The summed E-state index contributed by atoms with van der Waals surface area (Å²) >= 11 is 0. The molecule has 0 aromatic heterocycles. The molecule has 2 fully saturated rings. The van der Waals surface area contributed by atoms with Crippen molar-refractivity contribution in [2.45, 2.75) is 25.0 Å². The molecule has 1 aliphatic heterocycles. The van der Waals surface area contributed by atoms with Gasteiger partial charge in [0, 0.05) is 13.1 Å². The van der Waals surface area contributed by atoms with Crippen LogP contribution in [0.25, 0.3) is 0 Å². The van der Waals surface area contributed by atoms with E-state index in [-0.39, 0.29) is 23.8 Å². The van der Waals surface area contributed by atoms with Gasteiger partial charge in [-0.25, -0.2) is 4.79 Å². The molecule has 1 aliphatic carbocycles. The van der Waals surface area contributed by atoms with E-state index < -0.39 is 18.7 Å². The SMILES string of the molecule is COC(=O)c1ccc(O[C@H]2C[C@@H]3CN(C(=O)CO)C[C@@H]3C[C@@H]2O)cc1. The number of methoxy groups -OCH3 is 1. The van der Waals surface area contributed by atoms with E-state index in [2.05, 4.69) is 4.74 Å².